The summed E-state index contributed by atoms with van der Waals surface area (Å²) in [7, 11) is 0. The molecule has 1 N–H and O–H groups in total. The first-order chi connectivity index (χ1) is 11.0. The highest BCUT2D eigenvalue weighted by atomic mass is 16.5. The van der Waals surface area contributed by atoms with E-state index in [1.807, 2.05) is 38.1 Å². The molecular formula is C18H19NO4. The Labute approximate surface area is 135 Å². The summed E-state index contributed by atoms with van der Waals surface area (Å²) in [6.45, 7) is 6.05. The molecule has 0 saturated heterocycles. The van der Waals surface area contributed by atoms with E-state index in [2.05, 4.69) is 5.32 Å². The van der Waals surface area contributed by atoms with Crippen LogP contribution < -0.4 is 5.32 Å². The number of ether oxygens (including phenoxy) is 2. The van der Waals surface area contributed by atoms with Gasteiger partial charge < -0.3 is 14.8 Å². The van der Waals surface area contributed by atoms with E-state index in [1.165, 1.54) is 0 Å². The van der Waals surface area contributed by atoms with E-state index in [-0.39, 0.29) is 19.2 Å². The fraction of sp³-hybridized carbons (Fsp3) is 0.333. The summed E-state index contributed by atoms with van der Waals surface area (Å²) in [6.07, 6.45) is 0. The minimum Gasteiger partial charge on any atom is -0.463 e. The second-order valence-electron chi connectivity index (χ2n) is 5.64. The van der Waals surface area contributed by atoms with Gasteiger partial charge in [-0.05, 0) is 31.9 Å². The van der Waals surface area contributed by atoms with E-state index in [1.54, 1.807) is 6.92 Å². The maximum absolute atomic E-state index is 12.5. The normalized spacial score (nSPS) is 20.1. The lowest BCUT2D eigenvalue weighted by Gasteiger charge is -2.28. The molecule has 23 heavy (non-hydrogen) atoms. The summed E-state index contributed by atoms with van der Waals surface area (Å²) in [4.78, 5) is 24.7. The molecule has 1 unspecified atom stereocenters. The third-order valence-electron chi connectivity index (χ3n) is 4.21. The van der Waals surface area contributed by atoms with Crippen LogP contribution in [-0.4, -0.2) is 25.2 Å². The van der Waals surface area contributed by atoms with Crippen molar-refractivity contribution in [3.63, 3.8) is 0 Å². The van der Waals surface area contributed by atoms with E-state index in [4.69, 9.17) is 9.47 Å². The smallest absolute Gasteiger partial charge is 0.337 e. The lowest BCUT2D eigenvalue weighted by molar-refractivity contribution is -0.138. The van der Waals surface area contributed by atoms with E-state index < -0.39 is 11.9 Å². The van der Waals surface area contributed by atoms with Crippen molar-refractivity contribution in [1.29, 1.82) is 0 Å². The van der Waals surface area contributed by atoms with Gasteiger partial charge in [-0.25, -0.2) is 9.59 Å². The summed E-state index contributed by atoms with van der Waals surface area (Å²) in [5.41, 5.74) is 4.34. The molecule has 1 aromatic rings. The fourth-order valence-corrected chi connectivity index (χ4v) is 3.17. The van der Waals surface area contributed by atoms with Crippen LogP contribution in [-0.2, 0) is 19.1 Å². The third-order valence-corrected chi connectivity index (χ3v) is 4.21. The van der Waals surface area contributed by atoms with Crippen molar-refractivity contribution in [3.05, 3.63) is 57.9 Å². The van der Waals surface area contributed by atoms with Crippen molar-refractivity contribution in [3.8, 4) is 0 Å². The van der Waals surface area contributed by atoms with Crippen LogP contribution in [0.25, 0.3) is 0 Å². The summed E-state index contributed by atoms with van der Waals surface area (Å²) in [6, 6.07) is 7.75. The number of dihydropyridines is 1. The molecule has 0 aromatic heterocycles. The van der Waals surface area contributed by atoms with Gasteiger partial charge in [0.05, 0.1) is 29.4 Å². The number of allylic oxidation sites excluding steroid dienone is 1. The number of carbonyl (C=O) groups excluding carboxylic acids is 2. The number of carbonyl (C=O) groups is 2. The highest BCUT2D eigenvalue weighted by Gasteiger charge is 2.42. The number of hydrogen-bond acceptors (Lipinski definition) is 5. The molecule has 0 aliphatic carbocycles. The topological polar surface area (TPSA) is 64.6 Å². The predicted octanol–water partition coefficient (Wildman–Crippen LogP) is 2.33. The van der Waals surface area contributed by atoms with Gasteiger partial charge in [-0.1, -0.05) is 24.3 Å². The van der Waals surface area contributed by atoms with Crippen molar-refractivity contribution in [2.24, 2.45) is 0 Å². The first-order valence-electron chi connectivity index (χ1n) is 7.65. The molecule has 2 aliphatic heterocycles. The molecule has 2 heterocycles. The Balaban J connectivity index is 2.18. The van der Waals surface area contributed by atoms with Gasteiger partial charge in [0.25, 0.3) is 0 Å². The first-order valence-corrected chi connectivity index (χ1v) is 7.65. The number of hydrogen-bond donors (Lipinski definition) is 1. The average molecular weight is 313 g/mol. The van der Waals surface area contributed by atoms with Crippen LogP contribution in [0, 0.1) is 6.92 Å². The average Bonchev–Trinajstić information content (AvgIpc) is 2.87. The van der Waals surface area contributed by atoms with Gasteiger partial charge in [0.15, 0.2) is 0 Å². The Kier molecular flexibility index (Phi) is 3.94. The molecule has 5 heteroatoms. The van der Waals surface area contributed by atoms with Crippen molar-refractivity contribution in [2.75, 3.05) is 13.2 Å². The lowest BCUT2D eigenvalue weighted by atomic mass is 9.79. The Morgan fingerprint density at radius 2 is 2.09 bits per heavy atom. The Morgan fingerprint density at radius 1 is 1.35 bits per heavy atom. The lowest BCUT2D eigenvalue weighted by Crippen LogP contribution is -2.30. The zero-order chi connectivity index (χ0) is 16.6. The van der Waals surface area contributed by atoms with Crippen LogP contribution in [0.15, 0.2) is 46.8 Å². The molecule has 0 bridgehead atoms. The molecule has 0 fully saturated rings. The summed E-state index contributed by atoms with van der Waals surface area (Å²) < 4.78 is 10.4. The zero-order valence-corrected chi connectivity index (χ0v) is 13.4. The Morgan fingerprint density at radius 3 is 2.78 bits per heavy atom. The fourth-order valence-electron chi connectivity index (χ4n) is 3.17. The number of cyclic esters (lactones) is 1. The number of benzene rings is 1. The highest BCUT2D eigenvalue weighted by Crippen LogP contribution is 2.42. The summed E-state index contributed by atoms with van der Waals surface area (Å²) in [5, 5.41) is 3.13. The molecule has 0 amide bonds. The second-order valence-corrected chi connectivity index (χ2v) is 5.64. The van der Waals surface area contributed by atoms with Gasteiger partial charge in [0.1, 0.15) is 6.61 Å². The van der Waals surface area contributed by atoms with Crippen LogP contribution in [0.5, 0.6) is 0 Å². The maximum atomic E-state index is 12.5. The van der Waals surface area contributed by atoms with Crippen molar-refractivity contribution in [2.45, 2.75) is 26.7 Å². The number of esters is 2. The van der Waals surface area contributed by atoms with Gasteiger partial charge in [0.2, 0.25) is 0 Å². The van der Waals surface area contributed by atoms with E-state index in [0.29, 0.717) is 16.8 Å². The molecular weight excluding hydrogens is 294 g/mol. The van der Waals surface area contributed by atoms with Crippen LogP contribution in [0.4, 0.5) is 0 Å². The summed E-state index contributed by atoms with van der Waals surface area (Å²) in [5.74, 6) is -1.24. The van der Waals surface area contributed by atoms with E-state index in [9.17, 15) is 9.59 Å². The molecule has 0 saturated carbocycles. The minimum absolute atomic E-state index is 0.212. The molecule has 5 nitrogen and oxygen atoms in total. The van der Waals surface area contributed by atoms with Crippen LogP contribution >= 0.6 is 0 Å². The van der Waals surface area contributed by atoms with Crippen molar-refractivity contribution >= 4 is 11.9 Å². The zero-order valence-electron chi connectivity index (χ0n) is 13.4. The predicted molar refractivity (Wildman–Crippen MR) is 84.4 cm³/mol. The molecule has 120 valence electrons. The largest absolute Gasteiger partial charge is 0.463 e. The number of nitrogens with one attached hydrogen (secondary N) is 1. The molecule has 3 rings (SSSR count). The monoisotopic (exact) mass is 313 g/mol. The highest BCUT2D eigenvalue weighted by molar-refractivity contribution is 6.01. The van der Waals surface area contributed by atoms with Gasteiger partial charge >= 0.3 is 11.9 Å². The first kappa shape index (κ1) is 15.3. The van der Waals surface area contributed by atoms with E-state index in [0.717, 1.165) is 16.8 Å². The third kappa shape index (κ3) is 2.52. The van der Waals surface area contributed by atoms with Gasteiger partial charge in [-0.3, -0.25) is 0 Å². The minimum atomic E-state index is -0.457. The standard InChI is InChI=1S/C18H19NO4/c1-4-22-17(20)14-11(3)19-13-9-23-18(21)16(13)15(14)12-8-6-5-7-10(12)2/h5-8,15,19H,4,9H2,1-3H3. The van der Waals surface area contributed by atoms with Gasteiger partial charge in [-0.15, -0.1) is 0 Å². The van der Waals surface area contributed by atoms with Crippen molar-refractivity contribution in [1.82, 2.24) is 5.32 Å². The number of rotatable bonds is 3. The van der Waals surface area contributed by atoms with Crippen molar-refractivity contribution < 1.29 is 19.1 Å². The quantitative estimate of drug-likeness (QED) is 0.868. The Hall–Kier alpha value is -2.56. The van der Waals surface area contributed by atoms with Crippen LogP contribution in [0.1, 0.15) is 30.9 Å². The molecule has 2 aliphatic rings. The van der Waals surface area contributed by atoms with Crippen LogP contribution in [0.3, 0.4) is 0 Å². The SMILES string of the molecule is CCOC(=O)C1=C(C)NC2=C(C(=O)OC2)C1c1ccccc1C. The number of aryl methyl sites for hydroxylation is 1. The second kappa shape index (κ2) is 5.91. The van der Waals surface area contributed by atoms with Crippen LogP contribution in [0.2, 0.25) is 0 Å². The molecule has 1 atom stereocenters. The van der Waals surface area contributed by atoms with Gasteiger partial charge in [0, 0.05) is 5.70 Å². The Bertz CT molecular complexity index is 745. The molecule has 0 spiro atoms. The molecule has 1 aromatic carbocycles. The molecule has 0 radical (unpaired) electrons. The summed E-state index contributed by atoms with van der Waals surface area (Å²) >= 11 is 0. The maximum Gasteiger partial charge on any atom is 0.337 e. The van der Waals surface area contributed by atoms with Gasteiger partial charge in [-0.2, -0.15) is 0 Å². The van der Waals surface area contributed by atoms with E-state index >= 15 is 0 Å².